The van der Waals surface area contributed by atoms with Gasteiger partial charge in [-0.05, 0) is 122 Å². The second kappa shape index (κ2) is 14.3. The first-order valence-electron chi connectivity index (χ1n) is 15.1. The highest BCUT2D eigenvalue weighted by atomic mass is 16.1. The molecule has 0 bridgehead atoms. The van der Waals surface area contributed by atoms with Crippen LogP contribution in [0.3, 0.4) is 0 Å². The summed E-state index contributed by atoms with van der Waals surface area (Å²) in [7, 11) is 0. The van der Waals surface area contributed by atoms with Crippen molar-refractivity contribution < 1.29 is 11.0 Å². The zero-order chi connectivity index (χ0) is 29.4. The van der Waals surface area contributed by atoms with Crippen molar-refractivity contribution in [3.63, 3.8) is 0 Å². The number of carbonyl (C=O) groups excluding carboxylic acids is 2. The molecular formula is C37H49NO2. The predicted molar refractivity (Wildman–Crippen MR) is 171 cm³/mol. The van der Waals surface area contributed by atoms with Crippen molar-refractivity contribution in [2.24, 2.45) is 11.8 Å². The van der Waals surface area contributed by atoms with Crippen LogP contribution in [0, 0.1) is 25.7 Å². The van der Waals surface area contributed by atoms with E-state index in [1.807, 2.05) is 39.2 Å². The van der Waals surface area contributed by atoms with Gasteiger partial charge in [0.05, 0.1) is 0 Å². The van der Waals surface area contributed by atoms with E-state index in [-0.39, 0.29) is 19.0 Å². The van der Waals surface area contributed by atoms with Gasteiger partial charge in [0.25, 0.3) is 0 Å². The van der Waals surface area contributed by atoms with Crippen molar-refractivity contribution in [1.29, 1.82) is 0 Å². The minimum Gasteiger partial charge on any atom is -0.299 e. The Morgan fingerprint density at radius 2 is 1.73 bits per heavy atom. The second-order valence-corrected chi connectivity index (χ2v) is 11.2. The summed E-state index contributed by atoms with van der Waals surface area (Å²) >= 11 is 0. The van der Waals surface area contributed by atoms with E-state index in [0.717, 1.165) is 65.5 Å². The Balaban J connectivity index is 0.00000192. The van der Waals surface area contributed by atoms with E-state index in [9.17, 15) is 9.59 Å². The zero-order valence-corrected chi connectivity index (χ0v) is 25.6. The molecule has 1 aliphatic rings. The summed E-state index contributed by atoms with van der Waals surface area (Å²) in [6.07, 6.45) is 11.3. The largest absolute Gasteiger partial charge is 0.299 e. The number of aromatic nitrogens is 1. The highest BCUT2D eigenvalue weighted by Gasteiger charge is 2.29. The van der Waals surface area contributed by atoms with Crippen molar-refractivity contribution in [3.8, 4) is 11.1 Å². The fraction of sp³-hybridized carbons (Fsp3) is 0.432. The standard InChI is InChI=1S/C35H41NO2.C2H6.H2/c1-7-23(4)35(38)29-12-10-28(11-13-29)33-14-9-26(16-24(33)5)17-31-19-30(32-15-22(3)20-36-21-32)18-27(8-2)34(31)25(6)37;1-2;/h8-9,14-16,18-21,23,28-29H,2,7,10-13,17H2,1,3-6H3;1-2H3;1H. The Morgan fingerprint density at radius 1 is 1.02 bits per heavy atom. The Labute approximate surface area is 243 Å². The Morgan fingerprint density at radius 3 is 2.30 bits per heavy atom. The summed E-state index contributed by atoms with van der Waals surface area (Å²) in [5, 5.41) is 0. The third kappa shape index (κ3) is 7.24. The first-order valence-corrected chi connectivity index (χ1v) is 15.1. The van der Waals surface area contributed by atoms with Crippen LogP contribution in [0.15, 0.2) is 55.4 Å². The lowest BCUT2D eigenvalue weighted by Gasteiger charge is -2.30. The minimum atomic E-state index is 0. The second-order valence-electron chi connectivity index (χ2n) is 11.2. The average molecular weight is 540 g/mol. The van der Waals surface area contributed by atoms with Crippen LogP contribution >= 0.6 is 0 Å². The number of hydrogen-bond acceptors (Lipinski definition) is 3. The minimum absolute atomic E-state index is 0. The van der Waals surface area contributed by atoms with E-state index in [1.165, 1.54) is 16.7 Å². The van der Waals surface area contributed by atoms with Crippen molar-refractivity contribution in [2.45, 2.75) is 92.9 Å². The topological polar surface area (TPSA) is 47.0 Å². The quantitative estimate of drug-likeness (QED) is 0.254. The molecule has 0 saturated heterocycles. The number of hydrogen-bond donors (Lipinski definition) is 0. The van der Waals surface area contributed by atoms with Crippen LogP contribution in [-0.2, 0) is 11.2 Å². The number of benzene rings is 2. The van der Waals surface area contributed by atoms with Crippen LogP contribution in [0.5, 0.6) is 0 Å². The third-order valence-corrected chi connectivity index (χ3v) is 8.43. The summed E-state index contributed by atoms with van der Waals surface area (Å²) in [6.45, 7) is 18.0. The molecule has 4 rings (SSSR count). The predicted octanol–water partition coefficient (Wildman–Crippen LogP) is 9.96. The van der Waals surface area contributed by atoms with E-state index in [0.29, 0.717) is 18.1 Å². The number of aryl methyl sites for hydroxylation is 2. The molecule has 0 N–H and O–H groups in total. The van der Waals surface area contributed by atoms with Gasteiger partial charge >= 0.3 is 0 Å². The molecule has 0 spiro atoms. The molecule has 1 saturated carbocycles. The Bertz CT molecular complexity index is 1350. The molecule has 3 heteroatoms. The number of Topliss-reactive ketones (excluding diaryl/α,β-unsaturated/α-hetero) is 2. The fourth-order valence-corrected chi connectivity index (χ4v) is 6.15. The lowest BCUT2D eigenvalue weighted by Crippen LogP contribution is -2.25. The van der Waals surface area contributed by atoms with Crippen LogP contribution in [0.2, 0.25) is 0 Å². The molecule has 1 unspecified atom stereocenters. The van der Waals surface area contributed by atoms with Crippen LogP contribution in [0.25, 0.3) is 17.2 Å². The maximum atomic E-state index is 12.7. The molecule has 3 nitrogen and oxygen atoms in total. The van der Waals surface area contributed by atoms with Gasteiger partial charge in [-0.15, -0.1) is 0 Å². The summed E-state index contributed by atoms with van der Waals surface area (Å²) in [5.41, 5.74) is 9.72. The van der Waals surface area contributed by atoms with Gasteiger partial charge in [0.2, 0.25) is 0 Å². The smallest absolute Gasteiger partial charge is 0.160 e. The van der Waals surface area contributed by atoms with Gasteiger partial charge in [-0.3, -0.25) is 14.6 Å². The van der Waals surface area contributed by atoms with Gasteiger partial charge in [0.1, 0.15) is 5.78 Å². The average Bonchev–Trinajstić information content (AvgIpc) is 2.97. The Kier molecular flexibility index (Phi) is 11.2. The van der Waals surface area contributed by atoms with Gasteiger partial charge in [-0.2, -0.15) is 0 Å². The van der Waals surface area contributed by atoms with Crippen LogP contribution in [0.1, 0.15) is 118 Å². The van der Waals surface area contributed by atoms with E-state index in [2.05, 4.69) is 62.7 Å². The third-order valence-electron chi connectivity index (χ3n) is 8.43. The normalized spacial score (nSPS) is 17.4. The van der Waals surface area contributed by atoms with E-state index >= 15 is 0 Å². The summed E-state index contributed by atoms with van der Waals surface area (Å²) in [6, 6.07) is 13.1. The molecule has 1 fully saturated rings. The number of ketones is 2. The van der Waals surface area contributed by atoms with Crippen molar-refractivity contribution in [3.05, 3.63) is 94.3 Å². The Hall–Kier alpha value is -3.33. The van der Waals surface area contributed by atoms with Crippen molar-refractivity contribution >= 4 is 17.6 Å². The SMILES string of the molecule is C=Cc1cc(-c2cncc(C)c2)cc(Cc2ccc(C3CCC(C(=O)C(C)CC)CC3)c(C)c2)c1C(C)=O.CC.[HH]. The molecule has 2 aromatic carbocycles. The van der Waals surface area contributed by atoms with Crippen LogP contribution in [-0.4, -0.2) is 16.6 Å². The molecule has 1 heterocycles. The zero-order valence-electron chi connectivity index (χ0n) is 25.6. The van der Waals surface area contributed by atoms with Gasteiger partial charge < -0.3 is 0 Å². The molecule has 40 heavy (non-hydrogen) atoms. The number of rotatable bonds is 9. The molecule has 0 radical (unpaired) electrons. The molecule has 0 aliphatic heterocycles. The van der Waals surface area contributed by atoms with E-state index < -0.39 is 0 Å². The van der Waals surface area contributed by atoms with Gasteiger partial charge in [-0.1, -0.05) is 58.5 Å². The number of pyridine rings is 1. The maximum Gasteiger partial charge on any atom is 0.160 e. The summed E-state index contributed by atoms with van der Waals surface area (Å²) < 4.78 is 0. The molecule has 3 aromatic rings. The summed E-state index contributed by atoms with van der Waals surface area (Å²) in [5.74, 6) is 1.45. The molecule has 214 valence electrons. The molecule has 1 aromatic heterocycles. The maximum absolute atomic E-state index is 12.7. The first-order chi connectivity index (χ1) is 19.2. The molecule has 0 amide bonds. The highest BCUT2D eigenvalue weighted by molar-refractivity contribution is 6.00. The van der Waals surface area contributed by atoms with Crippen molar-refractivity contribution in [1.82, 2.24) is 4.98 Å². The monoisotopic (exact) mass is 539 g/mol. The highest BCUT2D eigenvalue weighted by Crippen LogP contribution is 2.39. The number of carbonyl (C=O) groups is 2. The van der Waals surface area contributed by atoms with Crippen molar-refractivity contribution in [2.75, 3.05) is 0 Å². The lowest BCUT2D eigenvalue weighted by atomic mass is 9.74. The number of nitrogens with zero attached hydrogens (tertiary/aromatic N) is 1. The summed E-state index contributed by atoms with van der Waals surface area (Å²) in [4.78, 5) is 29.8. The van der Waals surface area contributed by atoms with Gasteiger partial charge in [-0.25, -0.2) is 0 Å². The van der Waals surface area contributed by atoms with E-state index in [1.54, 1.807) is 13.0 Å². The first kappa shape index (κ1) is 31.2. The van der Waals surface area contributed by atoms with E-state index in [4.69, 9.17) is 0 Å². The molecule has 1 atom stereocenters. The fourth-order valence-electron chi connectivity index (χ4n) is 6.15. The van der Waals surface area contributed by atoms with Crippen LogP contribution in [0.4, 0.5) is 0 Å². The molecular weight excluding hydrogens is 490 g/mol. The van der Waals surface area contributed by atoms with Crippen LogP contribution < -0.4 is 0 Å². The van der Waals surface area contributed by atoms with Gasteiger partial charge in [0.15, 0.2) is 5.78 Å². The lowest BCUT2D eigenvalue weighted by molar-refractivity contribution is -0.127. The molecule has 1 aliphatic carbocycles. The van der Waals surface area contributed by atoms with Gasteiger partial charge in [0, 0.05) is 36.8 Å².